The molecule has 1 aromatic carbocycles. The zero-order valence-electron chi connectivity index (χ0n) is 18.3. The van der Waals surface area contributed by atoms with Gasteiger partial charge < -0.3 is 10.4 Å². The summed E-state index contributed by atoms with van der Waals surface area (Å²) < 4.78 is 42.3. The summed E-state index contributed by atoms with van der Waals surface area (Å²) in [5, 5.41) is 19.3. The average Bonchev–Trinajstić information content (AvgIpc) is 3.22. The molecule has 1 saturated heterocycles. The normalized spacial score (nSPS) is 15.9. The van der Waals surface area contributed by atoms with Crippen molar-refractivity contribution in [2.24, 2.45) is 5.41 Å². The lowest BCUT2D eigenvalue weighted by Gasteiger charge is -2.39. The largest absolute Gasteiger partial charge is 0.481 e. The lowest BCUT2D eigenvalue weighted by molar-refractivity contribution is -0.152. The van der Waals surface area contributed by atoms with E-state index < -0.39 is 33.9 Å². The zero-order valence-corrected chi connectivity index (χ0v) is 19.1. The first-order valence-electron chi connectivity index (χ1n) is 10.7. The second-order valence-electron chi connectivity index (χ2n) is 8.56. The highest BCUT2D eigenvalue weighted by Gasteiger charge is 2.42. The van der Waals surface area contributed by atoms with E-state index in [2.05, 4.69) is 20.5 Å². The van der Waals surface area contributed by atoms with Gasteiger partial charge in [0.25, 0.3) is 0 Å². The maximum Gasteiger partial charge on any atom is 0.310 e. The minimum Gasteiger partial charge on any atom is -0.481 e. The van der Waals surface area contributed by atoms with Gasteiger partial charge in [-0.05, 0) is 51.1 Å². The first kappa shape index (κ1) is 24.0. The molecule has 34 heavy (non-hydrogen) atoms. The third kappa shape index (κ3) is 5.02. The molecular formula is C23H23ClF3N5O2. The molecule has 0 unspecified atom stereocenters. The van der Waals surface area contributed by atoms with Gasteiger partial charge in [-0.15, -0.1) is 0 Å². The molecule has 0 atom stereocenters. The molecule has 0 amide bonds. The van der Waals surface area contributed by atoms with E-state index in [-0.39, 0.29) is 37.1 Å². The van der Waals surface area contributed by atoms with Gasteiger partial charge in [0.1, 0.15) is 28.3 Å². The van der Waals surface area contributed by atoms with Gasteiger partial charge in [0.15, 0.2) is 5.82 Å². The summed E-state index contributed by atoms with van der Waals surface area (Å²) in [7, 11) is 0. The van der Waals surface area contributed by atoms with Crippen molar-refractivity contribution >= 4 is 29.2 Å². The van der Waals surface area contributed by atoms with Gasteiger partial charge in [-0.25, -0.2) is 18.2 Å². The highest BCUT2D eigenvalue weighted by Crippen LogP contribution is 2.37. The van der Waals surface area contributed by atoms with E-state index in [1.807, 2.05) is 11.8 Å². The molecule has 1 aliphatic heterocycles. The highest BCUT2D eigenvalue weighted by atomic mass is 35.5. The predicted molar refractivity (Wildman–Crippen MR) is 120 cm³/mol. The third-order valence-corrected chi connectivity index (χ3v) is 6.51. The minimum atomic E-state index is -1.22. The van der Waals surface area contributed by atoms with Crippen molar-refractivity contribution in [1.29, 1.82) is 0 Å². The number of nitrogens with zero attached hydrogens (tertiary/aromatic N) is 3. The van der Waals surface area contributed by atoms with Gasteiger partial charge in [-0.3, -0.25) is 14.8 Å². The summed E-state index contributed by atoms with van der Waals surface area (Å²) in [6.07, 6.45) is 0.348. The number of benzene rings is 1. The quantitative estimate of drug-likeness (QED) is 0.408. The zero-order chi connectivity index (χ0) is 24.5. The number of H-pyrrole nitrogens is 1. The Morgan fingerprint density at radius 1 is 1.18 bits per heavy atom. The molecule has 3 heterocycles. The fourth-order valence-corrected chi connectivity index (χ4v) is 4.33. The third-order valence-electron chi connectivity index (χ3n) is 6.16. The number of carboxylic acid groups (broad SMARTS) is 1. The molecular weight excluding hydrogens is 471 g/mol. The van der Waals surface area contributed by atoms with E-state index in [0.717, 1.165) is 11.8 Å². The van der Waals surface area contributed by atoms with Crippen LogP contribution < -0.4 is 5.32 Å². The average molecular weight is 494 g/mol. The Hall–Kier alpha value is -3.11. The van der Waals surface area contributed by atoms with Gasteiger partial charge in [0.05, 0.1) is 11.1 Å². The molecule has 4 rings (SSSR count). The SMILES string of the molecule is Cc1cc(Nc2ccc(F)c(CC3(C(=O)O)CCN(Cc4ccc(F)c(Cl)c4F)CC3)n2)n[nH]1. The number of hydrogen-bond donors (Lipinski definition) is 3. The number of carbonyl (C=O) groups is 1. The molecule has 0 spiro atoms. The maximum absolute atomic E-state index is 14.6. The smallest absolute Gasteiger partial charge is 0.310 e. The monoisotopic (exact) mass is 493 g/mol. The Morgan fingerprint density at radius 2 is 1.88 bits per heavy atom. The summed E-state index contributed by atoms with van der Waals surface area (Å²) in [6.45, 7) is 2.68. The van der Waals surface area contributed by atoms with Crippen LogP contribution in [0.1, 0.15) is 29.8 Å². The van der Waals surface area contributed by atoms with Crippen molar-refractivity contribution in [1.82, 2.24) is 20.1 Å². The van der Waals surface area contributed by atoms with Crippen LogP contribution in [0.2, 0.25) is 5.02 Å². The first-order valence-corrected chi connectivity index (χ1v) is 11.1. The van der Waals surface area contributed by atoms with E-state index >= 15 is 0 Å². The lowest BCUT2D eigenvalue weighted by Crippen LogP contribution is -2.45. The highest BCUT2D eigenvalue weighted by molar-refractivity contribution is 6.30. The Bertz CT molecular complexity index is 1210. The molecule has 1 fully saturated rings. The van der Waals surface area contributed by atoms with Crippen molar-refractivity contribution in [2.45, 2.75) is 32.7 Å². The van der Waals surface area contributed by atoms with E-state index in [4.69, 9.17) is 11.6 Å². The van der Waals surface area contributed by atoms with Crippen LogP contribution in [0.15, 0.2) is 30.3 Å². The molecule has 11 heteroatoms. The molecule has 7 nitrogen and oxygen atoms in total. The van der Waals surface area contributed by atoms with Crippen molar-refractivity contribution in [3.8, 4) is 0 Å². The predicted octanol–water partition coefficient (Wildman–Crippen LogP) is 4.84. The van der Waals surface area contributed by atoms with Crippen LogP contribution in [-0.2, 0) is 17.8 Å². The topological polar surface area (TPSA) is 94.1 Å². The number of hydrogen-bond acceptors (Lipinski definition) is 5. The fourth-order valence-electron chi connectivity index (χ4n) is 4.15. The van der Waals surface area contributed by atoms with Crippen LogP contribution in [0.4, 0.5) is 24.8 Å². The molecule has 0 bridgehead atoms. The molecule has 0 aliphatic carbocycles. The number of nitrogens with one attached hydrogen (secondary N) is 2. The van der Waals surface area contributed by atoms with Crippen LogP contribution in [0, 0.1) is 29.8 Å². The van der Waals surface area contributed by atoms with Gasteiger partial charge in [0.2, 0.25) is 0 Å². The van der Waals surface area contributed by atoms with Crippen LogP contribution in [0.25, 0.3) is 0 Å². The van der Waals surface area contributed by atoms with Crippen molar-refractivity contribution < 1.29 is 23.1 Å². The van der Waals surface area contributed by atoms with Crippen LogP contribution in [0.5, 0.6) is 0 Å². The van der Waals surface area contributed by atoms with E-state index in [9.17, 15) is 23.1 Å². The van der Waals surface area contributed by atoms with Crippen molar-refractivity contribution in [3.63, 3.8) is 0 Å². The van der Waals surface area contributed by atoms with Crippen LogP contribution in [-0.4, -0.2) is 44.2 Å². The van der Waals surface area contributed by atoms with E-state index in [1.54, 1.807) is 6.07 Å². The molecule has 0 saturated carbocycles. The Balaban J connectivity index is 1.47. The first-order chi connectivity index (χ1) is 16.2. The molecule has 0 radical (unpaired) electrons. The van der Waals surface area contributed by atoms with Crippen molar-refractivity contribution in [3.05, 3.63) is 69.8 Å². The summed E-state index contributed by atoms with van der Waals surface area (Å²) in [4.78, 5) is 18.4. The number of pyridine rings is 1. The molecule has 3 aromatic rings. The summed E-state index contributed by atoms with van der Waals surface area (Å²) >= 11 is 5.66. The van der Waals surface area contributed by atoms with E-state index in [0.29, 0.717) is 24.7 Å². The number of halogens is 4. The van der Waals surface area contributed by atoms with Gasteiger partial charge in [-0.2, -0.15) is 5.10 Å². The Labute approximate surface area is 199 Å². The summed E-state index contributed by atoms with van der Waals surface area (Å²) in [6, 6.07) is 6.90. The number of carboxylic acids is 1. The Kier molecular flexibility index (Phi) is 6.81. The van der Waals surface area contributed by atoms with E-state index in [1.165, 1.54) is 18.2 Å². The second kappa shape index (κ2) is 9.63. The summed E-state index contributed by atoms with van der Waals surface area (Å²) in [5.41, 5.74) is -0.104. The lowest BCUT2D eigenvalue weighted by atomic mass is 9.74. The van der Waals surface area contributed by atoms with Crippen LogP contribution in [0.3, 0.4) is 0 Å². The fraction of sp³-hybridized carbons (Fsp3) is 0.348. The minimum absolute atomic E-state index is 0.0458. The Morgan fingerprint density at radius 3 is 2.53 bits per heavy atom. The number of rotatable bonds is 7. The number of aryl methyl sites for hydroxylation is 1. The second-order valence-corrected chi connectivity index (χ2v) is 8.94. The van der Waals surface area contributed by atoms with Gasteiger partial charge >= 0.3 is 5.97 Å². The summed E-state index contributed by atoms with van der Waals surface area (Å²) in [5.74, 6) is -2.42. The number of aromatic nitrogens is 3. The number of anilines is 2. The number of aromatic amines is 1. The van der Waals surface area contributed by atoms with Gasteiger partial charge in [0, 0.05) is 30.3 Å². The molecule has 180 valence electrons. The molecule has 3 N–H and O–H groups in total. The van der Waals surface area contributed by atoms with Gasteiger partial charge in [-0.1, -0.05) is 17.7 Å². The maximum atomic E-state index is 14.6. The number of piperidine rings is 1. The number of likely N-dealkylation sites (tertiary alicyclic amines) is 1. The number of aliphatic carboxylic acids is 1. The molecule has 2 aromatic heterocycles. The molecule has 1 aliphatic rings. The van der Waals surface area contributed by atoms with Crippen LogP contribution >= 0.6 is 11.6 Å². The van der Waals surface area contributed by atoms with Crippen molar-refractivity contribution in [2.75, 3.05) is 18.4 Å². The standard InChI is InChI=1S/C23H23ClF3N5O2/c1-13-10-19(31-30-13)29-18-5-4-15(25)17(28-18)11-23(22(33)34)6-8-32(9-7-23)12-14-2-3-16(26)20(24)21(14)27/h2-5,10H,6-9,11-12H2,1H3,(H,33,34)(H2,28,29,30,31).